The van der Waals surface area contributed by atoms with E-state index in [-0.39, 0.29) is 39.7 Å². The minimum absolute atomic E-state index is 0.0827. The van der Waals surface area contributed by atoms with Crippen molar-refractivity contribution < 1.29 is 29.3 Å². The first-order valence-electron chi connectivity index (χ1n) is 17.5. The van der Waals surface area contributed by atoms with Crippen LogP contribution >= 0.6 is 0 Å². The number of carbonyl (C=O) groups is 3. The number of carboxylic acids is 2. The standard InChI is InChI=1S/C38H56O6/c1-22(2)23-14-19-38(33(42)43)21-20-36(6)26(30(23)38)12-13-28-35(5)17-16-29(34(3,4)27(35)15-18-37(28,36)7)44-32(41)25-11-9-8-10-24(25)31(39)40/h8-9,23-30H,1,10-21H2,2-7H3,(H,39,40)(H,42,43)/t23-,24?,25?,26?,27?,28?,29-,30?,35-,36+,37+,38-/m0/s1. The van der Waals surface area contributed by atoms with Crippen molar-refractivity contribution in [3.8, 4) is 0 Å². The summed E-state index contributed by atoms with van der Waals surface area (Å²) in [5.41, 5.74) is 0.659. The molecule has 5 saturated carbocycles. The summed E-state index contributed by atoms with van der Waals surface area (Å²) >= 11 is 0. The van der Waals surface area contributed by atoms with Crippen LogP contribution in [0, 0.1) is 68.5 Å². The third-order valence-electron chi connectivity index (χ3n) is 15.7. The van der Waals surface area contributed by atoms with Gasteiger partial charge in [-0.1, -0.05) is 58.9 Å². The number of carboxylic acid groups (broad SMARTS) is 2. The molecule has 0 amide bonds. The second-order valence-corrected chi connectivity index (χ2v) is 17.4. The summed E-state index contributed by atoms with van der Waals surface area (Å²) in [4.78, 5) is 38.3. The topological polar surface area (TPSA) is 101 Å². The molecule has 0 aromatic rings. The normalized spacial score (nSPS) is 49.0. The van der Waals surface area contributed by atoms with Gasteiger partial charge < -0.3 is 14.9 Å². The van der Waals surface area contributed by atoms with Crippen LogP contribution in [0.5, 0.6) is 0 Å². The zero-order valence-electron chi connectivity index (χ0n) is 28.0. The highest BCUT2D eigenvalue weighted by Crippen LogP contribution is 2.77. The molecule has 0 radical (unpaired) electrons. The van der Waals surface area contributed by atoms with Gasteiger partial charge in [0.25, 0.3) is 0 Å². The molecule has 6 unspecified atom stereocenters. The van der Waals surface area contributed by atoms with Crippen molar-refractivity contribution >= 4 is 17.9 Å². The lowest BCUT2D eigenvalue weighted by Crippen LogP contribution is -2.67. The third-order valence-corrected chi connectivity index (χ3v) is 15.7. The molecule has 44 heavy (non-hydrogen) atoms. The number of fused-ring (bicyclic) bond motifs is 7. The fourth-order valence-corrected chi connectivity index (χ4v) is 13.3. The van der Waals surface area contributed by atoms with E-state index in [0.29, 0.717) is 36.5 Å². The summed E-state index contributed by atoms with van der Waals surface area (Å²) in [6.07, 6.45) is 14.1. The van der Waals surface area contributed by atoms with Crippen molar-refractivity contribution in [3.63, 3.8) is 0 Å². The molecular weight excluding hydrogens is 552 g/mol. The first-order valence-corrected chi connectivity index (χ1v) is 17.5. The Kier molecular flexibility index (Phi) is 7.57. The van der Waals surface area contributed by atoms with Gasteiger partial charge in [0.1, 0.15) is 6.10 Å². The first kappa shape index (κ1) is 31.9. The number of hydrogen-bond donors (Lipinski definition) is 2. The molecule has 5 fully saturated rings. The molecule has 244 valence electrons. The molecule has 0 aromatic carbocycles. The lowest BCUT2D eigenvalue weighted by Gasteiger charge is -2.72. The van der Waals surface area contributed by atoms with E-state index in [4.69, 9.17) is 4.74 Å². The Morgan fingerprint density at radius 1 is 0.750 bits per heavy atom. The highest BCUT2D eigenvalue weighted by atomic mass is 16.5. The Balaban J connectivity index is 1.27. The number of hydrogen-bond acceptors (Lipinski definition) is 4. The molecule has 0 bridgehead atoms. The van der Waals surface area contributed by atoms with Crippen LogP contribution in [0.3, 0.4) is 0 Å². The Bertz CT molecular complexity index is 1270. The molecule has 0 aliphatic heterocycles. The van der Waals surface area contributed by atoms with E-state index in [2.05, 4.69) is 48.1 Å². The van der Waals surface area contributed by atoms with Crippen LogP contribution in [0.25, 0.3) is 0 Å². The van der Waals surface area contributed by atoms with Crippen LogP contribution in [0.1, 0.15) is 119 Å². The van der Waals surface area contributed by atoms with Crippen LogP contribution in [0.2, 0.25) is 0 Å². The number of carbonyl (C=O) groups excluding carboxylic acids is 1. The largest absolute Gasteiger partial charge is 0.481 e. The van der Waals surface area contributed by atoms with E-state index in [1.807, 2.05) is 12.2 Å². The minimum Gasteiger partial charge on any atom is -0.481 e. The molecule has 0 heterocycles. The molecule has 6 aliphatic rings. The Hall–Kier alpha value is -2.11. The van der Waals surface area contributed by atoms with E-state index in [1.165, 1.54) is 5.57 Å². The highest BCUT2D eigenvalue weighted by Gasteiger charge is 2.72. The predicted molar refractivity (Wildman–Crippen MR) is 169 cm³/mol. The van der Waals surface area contributed by atoms with Gasteiger partial charge in [-0.3, -0.25) is 14.4 Å². The number of esters is 1. The molecule has 6 nitrogen and oxygen atoms in total. The van der Waals surface area contributed by atoms with Crippen molar-refractivity contribution in [1.29, 1.82) is 0 Å². The average Bonchev–Trinajstić information content (AvgIpc) is 3.36. The Labute approximate surface area is 264 Å². The van der Waals surface area contributed by atoms with Gasteiger partial charge >= 0.3 is 17.9 Å². The lowest BCUT2D eigenvalue weighted by molar-refractivity contribution is -0.251. The van der Waals surface area contributed by atoms with Gasteiger partial charge in [0.2, 0.25) is 0 Å². The molecule has 2 N–H and O–H groups in total. The van der Waals surface area contributed by atoms with E-state index in [0.717, 1.165) is 64.2 Å². The minimum atomic E-state index is -0.919. The van der Waals surface area contributed by atoms with Gasteiger partial charge in [-0.05, 0) is 130 Å². The molecule has 0 saturated heterocycles. The van der Waals surface area contributed by atoms with Crippen LogP contribution in [-0.4, -0.2) is 34.2 Å². The number of rotatable bonds is 5. The summed E-state index contributed by atoms with van der Waals surface area (Å²) < 4.78 is 6.30. The highest BCUT2D eigenvalue weighted by molar-refractivity contribution is 5.82. The van der Waals surface area contributed by atoms with Crippen LogP contribution in [0.15, 0.2) is 24.3 Å². The van der Waals surface area contributed by atoms with Crippen molar-refractivity contribution in [1.82, 2.24) is 0 Å². The van der Waals surface area contributed by atoms with Gasteiger partial charge in [0, 0.05) is 5.41 Å². The number of aliphatic carboxylic acids is 2. The van der Waals surface area contributed by atoms with Gasteiger partial charge in [-0.2, -0.15) is 0 Å². The lowest BCUT2D eigenvalue weighted by atomic mass is 9.32. The molecule has 12 atom stereocenters. The molecular formula is C38H56O6. The summed E-state index contributed by atoms with van der Waals surface area (Å²) in [5, 5.41) is 20.4. The van der Waals surface area contributed by atoms with Crippen LogP contribution < -0.4 is 0 Å². The summed E-state index contributed by atoms with van der Waals surface area (Å²) in [6.45, 7) is 18.7. The van der Waals surface area contributed by atoms with Crippen molar-refractivity contribution in [3.05, 3.63) is 24.3 Å². The van der Waals surface area contributed by atoms with Crippen molar-refractivity contribution in [2.45, 2.75) is 125 Å². The fourth-order valence-electron chi connectivity index (χ4n) is 13.3. The zero-order chi connectivity index (χ0) is 32.0. The van der Waals surface area contributed by atoms with Gasteiger partial charge in [-0.15, -0.1) is 0 Å². The van der Waals surface area contributed by atoms with Gasteiger partial charge in [0.05, 0.1) is 17.3 Å². The van der Waals surface area contributed by atoms with E-state index in [9.17, 15) is 24.6 Å². The second-order valence-electron chi connectivity index (χ2n) is 17.4. The molecule has 6 aliphatic carbocycles. The SMILES string of the molecule is C=C(C)[C@@H]1CC[C@]2(C(=O)O)CC[C@]3(C)C(CCC4[C@@]5(C)CC[C@H](OC(=O)C6CC=CCC6C(=O)O)C(C)(C)C5CC[C@]43C)C12. The molecule has 6 rings (SSSR count). The van der Waals surface area contributed by atoms with E-state index in [1.54, 1.807) is 0 Å². The molecule has 0 aromatic heterocycles. The molecule has 0 spiro atoms. The summed E-state index contributed by atoms with van der Waals surface area (Å²) in [5.74, 6) is -1.36. The fraction of sp³-hybridized carbons (Fsp3) is 0.816. The van der Waals surface area contributed by atoms with Gasteiger partial charge in [0.15, 0.2) is 0 Å². The van der Waals surface area contributed by atoms with E-state index >= 15 is 0 Å². The van der Waals surface area contributed by atoms with Gasteiger partial charge in [-0.25, -0.2) is 0 Å². The summed E-state index contributed by atoms with van der Waals surface area (Å²) in [6, 6.07) is 0. The number of ether oxygens (including phenoxy) is 1. The maximum absolute atomic E-state index is 13.5. The maximum atomic E-state index is 13.5. The smallest absolute Gasteiger partial charge is 0.310 e. The Morgan fingerprint density at radius 3 is 2.07 bits per heavy atom. The van der Waals surface area contributed by atoms with Crippen molar-refractivity contribution in [2.24, 2.45) is 68.5 Å². The van der Waals surface area contributed by atoms with Crippen LogP contribution in [-0.2, 0) is 19.1 Å². The van der Waals surface area contributed by atoms with Crippen LogP contribution in [0.4, 0.5) is 0 Å². The molecule has 6 heteroatoms. The third kappa shape index (κ3) is 4.20. The monoisotopic (exact) mass is 608 g/mol. The second kappa shape index (κ2) is 10.5. The Morgan fingerprint density at radius 2 is 1.43 bits per heavy atom. The quantitative estimate of drug-likeness (QED) is 0.240. The average molecular weight is 609 g/mol. The van der Waals surface area contributed by atoms with Crippen molar-refractivity contribution in [2.75, 3.05) is 0 Å². The van der Waals surface area contributed by atoms with E-state index < -0.39 is 29.2 Å². The predicted octanol–water partition coefficient (Wildman–Crippen LogP) is 8.31. The zero-order valence-corrected chi connectivity index (χ0v) is 28.0. The number of allylic oxidation sites excluding steroid dienone is 3. The summed E-state index contributed by atoms with van der Waals surface area (Å²) in [7, 11) is 0. The maximum Gasteiger partial charge on any atom is 0.310 e. The first-order chi connectivity index (χ1) is 20.5.